The van der Waals surface area contributed by atoms with Crippen LogP contribution in [0.5, 0.6) is 0 Å². The number of nitrogens with one attached hydrogen (secondary N) is 2. The van der Waals surface area contributed by atoms with Gasteiger partial charge in [0.25, 0.3) is 0 Å². The van der Waals surface area contributed by atoms with E-state index >= 15 is 0 Å². The first-order valence-corrected chi connectivity index (χ1v) is 6.30. The zero-order valence-electron chi connectivity index (χ0n) is 8.68. The molecule has 0 aromatic carbocycles. The maximum atomic E-state index is 11.1. The number of aliphatic carboxylic acids is 1. The normalized spacial score (nSPS) is 32.5. The summed E-state index contributed by atoms with van der Waals surface area (Å²) in [6.07, 6.45) is 4.48. The Hall–Kier alpha value is -1.17. The van der Waals surface area contributed by atoms with Crippen LogP contribution in [0.3, 0.4) is 0 Å². The third-order valence-electron chi connectivity index (χ3n) is 2.82. The van der Waals surface area contributed by atoms with Crippen molar-refractivity contribution in [3.05, 3.63) is 12.2 Å². The highest BCUT2D eigenvalue weighted by Gasteiger charge is 2.42. The second-order valence-electron chi connectivity index (χ2n) is 3.94. The number of carbonyl (C=O) groups excluding carboxylic acids is 1. The molecule has 2 fully saturated rings. The Morgan fingerprint density at radius 2 is 2.38 bits per heavy atom. The van der Waals surface area contributed by atoms with E-state index in [1.54, 1.807) is 6.08 Å². The van der Waals surface area contributed by atoms with E-state index in [4.69, 9.17) is 5.11 Å². The largest absolute Gasteiger partial charge is 0.478 e. The molecule has 6 heteroatoms. The molecule has 2 aliphatic rings. The number of thioether (sulfide) groups is 1. The molecule has 0 aromatic heterocycles. The van der Waals surface area contributed by atoms with E-state index in [0.29, 0.717) is 5.25 Å². The fourth-order valence-corrected chi connectivity index (χ4v) is 3.60. The third-order valence-corrected chi connectivity index (χ3v) is 4.33. The lowest BCUT2D eigenvalue weighted by molar-refractivity contribution is -0.131. The van der Waals surface area contributed by atoms with E-state index in [2.05, 4.69) is 10.6 Å². The second-order valence-corrected chi connectivity index (χ2v) is 5.21. The van der Waals surface area contributed by atoms with Gasteiger partial charge in [-0.25, -0.2) is 9.59 Å². The Labute approximate surface area is 97.7 Å². The molecule has 0 aromatic rings. The first kappa shape index (κ1) is 11.3. The van der Waals surface area contributed by atoms with Crippen molar-refractivity contribution in [2.24, 2.45) is 0 Å². The molecule has 0 saturated carbocycles. The Morgan fingerprint density at radius 1 is 1.56 bits per heavy atom. The number of hydrogen-bond acceptors (Lipinski definition) is 3. The number of carbonyl (C=O) groups is 2. The quantitative estimate of drug-likeness (QED) is 0.497. The Morgan fingerprint density at radius 3 is 3.12 bits per heavy atom. The van der Waals surface area contributed by atoms with Crippen molar-refractivity contribution in [1.82, 2.24) is 10.6 Å². The maximum Gasteiger partial charge on any atom is 0.327 e. The molecule has 2 aliphatic heterocycles. The number of rotatable bonds is 4. The zero-order chi connectivity index (χ0) is 11.5. The van der Waals surface area contributed by atoms with Crippen molar-refractivity contribution < 1.29 is 14.7 Å². The molecule has 0 spiro atoms. The molecular weight excluding hydrogens is 228 g/mol. The first-order valence-electron chi connectivity index (χ1n) is 5.25. The van der Waals surface area contributed by atoms with Gasteiger partial charge in [0.05, 0.1) is 12.1 Å². The van der Waals surface area contributed by atoms with Crippen LogP contribution in [0, 0.1) is 0 Å². The van der Waals surface area contributed by atoms with E-state index in [1.807, 2.05) is 11.8 Å². The third kappa shape index (κ3) is 2.49. The molecule has 0 bridgehead atoms. The van der Waals surface area contributed by atoms with Gasteiger partial charge in [-0.05, 0) is 12.8 Å². The number of carboxylic acid groups (broad SMARTS) is 1. The van der Waals surface area contributed by atoms with Gasteiger partial charge < -0.3 is 15.7 Å². The van der Waals surface area contributed by atoms with Crippen molar-refractivity contribution in [3.8, 4) is 0 Å². The Balaban J connectivity index is 1.78. The lowest BCUT2D eigenvalue weighted by Crippen LogP contribution is -2.36. The topological polar surface area (TPSA) is 78.4 Å². The van der Waals surface area contributed by atoms with Crippen LogP contribution in [0.2, 0.25) is 0 Å². The van der Waals surface area contributed by atoms with Gasteiger partial charge in [-0.1, -0.05) is 6.08 Å². The number of carboxylic acids is 1. The average molecular weight is 242 g/mol. The van der Waals surface area contributed by atoms with E-state index in [-0.39, 0.29) is 18.1 Å². The van der Waals surface area contributed by atoms with E-state index < -0.39 is 5.97 Å². The maximum absolute atomic E-state index is 11.1. The molecule has 16 heavy (non-hydrogen) atoms. The first-order chi connectivity index (χ1) is 7.66. The molecule has 3 atom stereocenters. The molecule has 0 unspecified atom stereocenters. The van der Waals surface area contributed by atoms with Crippen molar-refractivity contribution in [1.29, 1.82) is 0 Å². The highest BCUT2D eigenvalue weighted by molar-refractivity contribution is 8.00. The number of amides is 2. The molecule has 2 amide bonds. The minimum atomic E-state index is -0.909. The number of fused-ring (bicyclic) bond motifs is 1. The SMILES string of the molecule is O=C(O)/C=C/CC[C@H]1SC[C@H]2NC(=O)N[C@H]21. The molecule has 88 valence electrons. The Kier molecular flexibility index (Phi) is 3.38. The lowest BCUT2D eigenvalue weighted by Gasteiger charge is -2.15. The van der Waals surface area contributed by atoms with Crippen LogP contribution in [-0.4, -0.2) is 40.2 Å². The number of urea groups is 1. The minimum Gasteiger partial charge on any atom is -0.478 e. The molecule has 3 N–H and O–H groups in total. The highest BCUT2D eigenvalue weighted by Crippen LogP contribution is 2.32. The van der Waals surface area contributed by atoms with Gasteiger partial charge >= 0.3 is 12.0 Å². The highest BCUT2D eigenvalue weighted by atomic mass is 32.2. The lowest BCUT2D eigenvalue weighted by atomic mass is 10.0. The summed E-state index contributed by atoms with van der Waals surface area (Å²) >= 11 is 1.84. The zero-order valence-corrected chi connectivity index (χ0v) is 9.50. The number of allylic oxidation sites excluding steroid dienone is 1. The molecule has 2 rings (SSSR count). The van der Waals surface area contributed by atoms with Crippen LogP contribution in [0.4, 0.5) is 4.79 Å². The second kappa shape index (κ2) is 4.78. The summed E-state index contributed by atoms with van der Waals surface area (Å²) in [6.45, 7) is 0. The molecule has 2 saturated heterocycles. The Bertz CT molecular complexity index is 332. The summed E-state index contributed by atoms with van der Waals surface area (Å²) in [5, 5.41) is 14.6. The van der Waals surface area contributed by atoms with Crippen LogP contribution in [0.1, 0.15) is 12.8 Å². The van der Waals surface area contributed by atoms with Crippen LogP contribution >= 0.6 is 11.8 Å². The summed E-state index contributed by atoms with van der Waals surface area (Å²) in [7, 11) is 0. The van der Waals surface area contributed by atoms with Crippen molar-refractivity contribution in [2.45, 2.75) is 30.2 Å². The molecule has 0 aliphatic carbocycles. The number of hydrogen-bond donors (Lipinski definition) is 3. The summed E-state index contributed by atoms with van der Waals surface area (Å²) in [4.78, 5) is 21.4. The molecule has 5 nitrogen and oxygen atoms in total. The van der Waals surface area contributed by atoms with E-state index in [1.165, 1.54) is 6.08 Å². The van der Waals surface area contributed by atoms with E-state index in [9.17, 15) is 9.59 Å². The molecular formula is C10H14N2O3S. The summed E-state index contributed by atoms with van der Waals surface area (Å²) in [5.41, 5.74) is 0. The monoisotopic (exact) mass is 242 g/mol. The standard InChI is InChI=1S/C10H14N2O3S/c13-8(14)4-2-1-3-7-9-6(5-16-7)11-10(15)12-9/h2,4,6-7,9H,1,3,5H2,(H,13,14)(H2,11,12,15)/b4-2+/t6-,7-,9-/m1/s1. The van der Waals surface area contributed by atoms with Gasteiger partial charge in [-0.15, -0.1) is 0 Å². The molecule has 2 heterocycles. The van der Waals surface area contributed by atoms with Crippen molar-refractivity contribution >= 4 is 23.8 Å². The minimum absolute atomic E-state index is 0.0821. The van der Waals surface area contributed by atoms with Gasteiger partial charge in [0, 0.05) is 17.1 Å². The predicted octanol–water partition coefficient (Wildman–Crippen LogP) is 0.573. The van der Waals surface area contributed by atoms with Crippen LogP contribution in [-0.2, 0) is 4.79 Å². The van der Waals surface area contributed by atoms with Gasteiger partial charge in [0.1, 0.15) is 0 Å². The fraction of sp³-hybridized carbons (Fsp3) is 0.600. The predicted molar refractivity (Wildman–Crippen MR) is 61.5 cm³/mol. The van der Waals surface area contributed by atoms with Crippen LogP contribution < -0.4 is 10.6 Å². The van der Waals surface area contributed by atoms with Gasteiger partial charge in [0.2, 0.25) is 0 Å². The van der Waals surface area contributed by atoms with Crippen LogP contribution in [0.15, 0.2) is 12.2 Å². The van der Waals surface area contributed by atoms with Crippen molar-refractivity contribution in [2.75, 3.05) is 5.75 Å². The smallest absolute Gasteiger partial charge is 0.327 e. The van der Waals surface area contributed by atoms with Gasteiger partial charge in [-0.2, -0.15) is 11.8 Å². The fourth-order valence-electron chi connectivity index (χ4n) is 2.09. The molecule has 0 radical (unpaired) electrons. The van der Waals surface area contributed by atoms with Gasteiger partial charge in [0.15, 0.2) is 0 Å². The van der Waals surface area contributed by atoms with Gasteiger partial charge in [-0.3, -0.25) is 0 Å². The average Bonchev–Trinajstić information content (AvgIpc) is 2.72. The summed E-state index contributed by atoms with van der Waals surface area (Å²) in [6, 6.07) is 0.364. The van der Waals surface area contributed by atoms with Crippen molar-refractivity contribution in [3.63, 3.8) is 0 Å². The summed E-state index contributed by atoms with van der Waals surface area (Å²) < 4.78 is 0. The summed E-state index contributed by atoms with van der Waals surface area (Å²) in [5.74, 6) is 0.0317. The van der Waals surface area contributed by atoms with E-state index in [0.717, 1.165) is 18.6 Å². The van der Waals surface area contributed by atoms with Crippen LogP contribution in [0.25, 0.3) is 0 Å².